The molecule has 0 aromatic carbocycles. The summed E-state index contributed by atoms with van der Waals surface area (Å²) in [6.45, 7) is 4.97. The Kier molecular flexibility index (Phi) is 3.15. The van der Waals surface area contributed by atoms with E-state index in [1.54, 1.807) is 0 Å². The van der Waals surface area contributed by atoms with Crippen LogP contribution in [0.15, 0.2) is 36.7 Å². The van der Waals surface area contributed by atoms with Gasteiger partial charge >= 0.3 is 0 Å². The van der Waals surface area contributed by atoms with Crippen molar-refractivity contribution in [2.75, 3.05) is 11.9 Å². The van der Waals surface area contributed by atoms with E-state index in [1.807, 2.05) is 43.6 Å². The maximum absolute atomic E-state index is 4.34. The second-order valence-corrected chi connectivity index (χ2v) is 3.65. The van der Waals surface area contributed by atoms with Crippen molar-refractivity contribution in [3.8, 4) is 11.3 Å². The zero-order valence-electron chi connectivity index (χ0n) is 9.57. The van der Waals surface area contributed by atoms with Crippen LogP contribution in [0, 0.1) is 6.92 Å². The highest BCUT2D eigenvalue weighted by atomic mass is 14.9. The molecule has 0 aliphatic heterocycles. The van der Waals surface area contributed by atoms with Gasteiger partial charge in [-0.05, 0) is 38.1 Å². The van der Waals surface area contributed by atoms with Crippen molar-refractivity contribution < 1.29 is 0 Å². The van der Waals surface area contributed by atoms with Crippen molar-refractivity contribution >= 4 is 5.69 Å². The van der Waals surface area contributed by atoms with E-state index < -0.39 is 0 Å². The highest BCUT2D eigenvalue weighted by Gasteiger charge is 2.00. The summed E-state index contributed by atoms with van der Waals surface area (Å²) >= 11 is 0. The Labute approximate surface area is 95.6 Å². The number of aromatic nitrogens is 2. The van der Waals surface area contributed by atoms with Gasteiger partial charge in [-0.3, -0.25) is 9.97 Å². The highest BCUT2D eigenvalue weighted by Crippen LogP contribution is 2.19. The van der Waals surface area contributed by atoms with Gasteiger partial charge in [0.2, 0.25) is 0 Å². The standard InChI is InChI=1S/C13H15N3/c1-3-14-12-6-7-15-13(8-12)11-5-4-10(2)16-9-11/h4-9H,3H2,1-2H3,(H,14,15). The van der Waals surface area contributed by atoms with Gasteiger partial charge in [0.1, 0.15) is 0 Å². The fraction of sp³-hybridized carbons (Fsp3) is 0.231. The minimum Gasteiger partial charge on any atom is -0.385 e. The molecule has 16 heavy (non-hydrogen) atoms. The number of hydrogen-bond acceptors (Lipinski definition) is 3. The van der Waals surface area contributed by atoms with Crippen LogP contribution in [0.2, 0.25) is 0 Å². The van der Waals surface area contributed by atoms with Crippen LogP contribution in [0.1, 0.15) is 12.6 Å². The van der Waals surface area contributed by atoms with Crippen molar-refractivity contribution in [2.24, 2.45) is 0 Å². The Balaban J connectivity index is 2.32. The van der Waals surface area contributed by atoms with Gasteiger partial charge in [-0.15, -0.1) is 0 Å². The minimum atomic E-state index is 0.912. The average molecular weight is 213 g/mol. The molecule has 0 bridgehead atoms. The van der Waals surface area contributed by atoms with E-state index >= 15 is 0 Å². The van der Waals surface area contributed by atoms with Crippen molar-refractivity contribution in [2.45, 2.75) is 13.8 Å². The van der Waals surface area contributed by atoms with Gasteiger partial charge in [-0.2, -0.15) is 0 Å². The van der Waals surface area contributed by atoms with Gasteiger partial charge in [0.05, 0.1) is 5.69 Å². The molecule has 0 atom stereocenters. The summed E-state index contributed by atoms with van der Waals surface area (Å²) in [5, 5.41) is 3.27. The fourth-order valence-corrected chi connectivity index (χ4v) is 1.52. The summed E-state index contributed by atoms with van der Waals surface area (Å²) < 4.78 is 0. The summed E-state index contributed by atoms with van der Waals surface area (Å²) in [5.41, 5.74) is 4.11. The first kappa shape index (κ1) is 10.6. The fourth-order valence-electron chi connectivity index (χ4n) is 1.52. The molecule has 0 aliphatic rings. The molecule has 1 N–H and O–H groups in total. The largest absolute Gasteiger partial charge is 0.385 e. The second-order valence-electron chi connectivity index (χ2n) is 3.65. The first-order chi connectivity index (χ1) is 7.79. The second kappa shape index (κ2) is 4.75. The first-order valence-electron chi connectivity index (χ1n) is 5.42. The van der Waals surface area contributed by atoms with Gasteiger partial charge in [-0.25, -0.2) is 0 Å². The monoisotopic (exact) mass is 213 g/mol. The normalized spacial score (nSPS) is 10.1. The molecule has 2 aromatic heterocycles. The van der Waals surface area contributed by atoms with Crippen LogP contribution >= 0.6 is 0 Å². The summed E-state index contributed by atoms with van der Waals surface area (Å²) in [5.74, 6) is 0. The minimum absolute atomic E-state index is 0.912. The summed E-state index contributed by atoms with van der Waals surface area (Å²) in [4.78, 5) is 8.61. The molecule has 0 spiro atoms. The van der Waals surface area contributed by atoms with Crippen molar-refractivity contribution in [1.82, 2.24) is 9.97 Å². The third kappa shape index (κ3) is 2.37. The third-order valence-corrected chi connectivity index (χ3v) is 2.35. The summed E-state index contributed by atoms with van der Waals surface area (Å²) in [6.07, 6.45) is 3.67. The topological polar surface area (TPSA) is 37.8 Å². The van der Waals surface area contributed by atoms with Gasteiger partial charge in [-0.1, -0.05) is 0 Å². The van der Waals surface area contributed by atoms with Crippen molar-refractivity contribution in [3.05, 3.63) is 42.4 Å². The van der Waals surface area contributed by atoms with E-state index in [0.717, 1.165) is 29.2 Å². The number of nitrogens with one attached hydrogen (secondary N) is 1. The van der Waals surface area contributed by atoms with E-state index in [2.05, 4.69) is 22.2 Å². The van der Waals surface area contributed by atoms with Gasteiger partial charge in [0, 0.05) is 35.9 Å². The molecule has 82 valence electrons. The third-order valence-electron chi connectivity index (χ3n) is 2.35. The summed E-state index contributed by atoms with van der Waals surface area (Å²) in [7, 11) is 0. The van der Waals surface area contributed by atoms with Crippen molar-refractivity contribution in [3.63, 3.8) is 0 Å². The molecule has 3 heteroatoms. The highest BCUT2D eigenvalue weighted by molar-refractivity contribution is 5.63. The van der Waals surface area contributed by atoms with Crippen LogP contribution in [0.3, 0.4) is 0 Å². The molecule has 0 saturated heterocycles. The van der Waals surface area contributed by atoms with Crippen LogP contribution in [0.4, 0.5) is 5.69 Å². The molecule has 0 fully saturated rings. The predicted octanol–water partition coefficient (Wildman–Crippen LogP) is 2.88. The van der Waals surface area contributed by atoms with Gasteiger partial charge in [0.25, 0.3) is 0 Å². The Bertz CT molecular complexity index is 463. The maximum atomic E-state index is 4.34. The number of rotatable bonds is 3. The first-order valence-corrected chi connectivity index (χ1v) is 5.42. The molecule has 0 unspecified atom stereocenters. The van der Waals surface area contributed by atoms with E-state index in [1.165, 1.54) is 0 Å². The van der Waals surface area contributed by atoms with Crippen LogP contribution < -0.4 is 5.32 Å². The van der Waals surface area contributed by atoms with Crippen LogP contribution in [-0.4, -0.2) is 16.5 Å². The number of anilines is 1. The Morgan fingerprint density at radius 2 is 2.06 bits per heavy atom. The van der Waals surface area contributed by atoms with Gasteiger partial charge < -0.3 is 5.32 Å². The van der Waals surface area contributed by atoms with Crippen molar-refractivity contribution in [1.29, 1.82) is 0 Å². The van der Waals surface area contributed by atoms with E-state index in [-0.39, 0.29) is 0 Å². The predicted molar refractivity (Wildman–Crippen MR) is 66.4 cm³/mol. The number of aryl methyl sites for hydroxylation is 1. The molecule has 2 rings (SSSR count). The van der Waals surface area contributed by atoms with E-state index in [9.17, 15) is 0 Å². The molecule has 0 amide bonds. The molecule has 2 aromatic rings. The lowest BCUT2D eigenvalue weighted by molar-refractivity contribution is 1.18. The molecule has 2 heterocycles. The van der Waals surface area contributed by atoms with Crippen LogP contribution in [0.25, 0.3) is 11.3 Å². The molecular weight excluding hydrogens is 198 g/mol. The maximum Gasteiger partial charge on any atom is 0.0737 e. The van der Waals surface area contributed by atoms with Crippen LogP contribution in [0.5, 0.6) is 0 Å². The molecule has 3 nitrogen and oxygen atoms in total. The smallest absolute Gasteiger partial charge is 0.0737 e. The molecule has 0 saturated carbocycles. The lowest BCUT2D eigenvalue weighted by atomic mass is 10.1. The number of pyridine rings is 2. The van der Waals surface area contributed by atoms with Crippen LogP contribution in [-0.2, 0) is 0 Å². The Morgan fingerprint density at radius 1 is 1.19 bits per heavy atom. The quantitative estimate of drug-likeness (QED) is 0.851. The zero-order valence-corrected chi connectivity index (χ0v) is 9.57. The summed E-state index contributed by atoms with van der Waals surface area (Å²) in [6, 6.07) is 8.04. The molecule has 0 radical (unpaired) electrons. The zero-order chi connectivity index (χ0) is 11.4. The molecule has 0 aliphatic carbocycles. The SMILES string of the molecule is CCNc1ccnc(-c2ccc(C)nc2)c1. The van der Waals surface area contributed by atoms with E-state index in [4.69, 9.17) is 0 Å². The lowest BCUT2D eigenvalue weighted by Gasteiger charge is -2.05. The Morgan fingerprint density at radius 3 is 2.75 bits per heavy atom. The molecular formula is C13H15N3. The lowest BCUT2D eigenvalue weighted by Crippen LogP contribution is -1.97. The Hall–Kier alpha value is -1.90. The van der Waals surface area contributed by atoms with E-state index in [0.29, 0.717) is 0 Å². The number of nitrogens with zero attached hydrogens (tertiary/aromatic N) is 2. The average Bonchev–Trinajstić information content (AvgIpc) is 2.31. The van der Waals surface area contributed by atoms with Gasteiger partial charge in [0.15, 0.2) is 0 Å². The number of hydrogen-bond donors (Lipinski definition) is 1.